The fraction of sp³-hybridized carbons (Fsp3) is 1.00. The topological polar surface area (TPSA) is 18.5 Å². The van der Waals surface area contributed by atoms with Gasteiger partial charge in [0.25, 0.3) is 0 Å². The molecule has 1 aliphatic heterocycles. The Hall–Kier alpha value is -0.120. The second-order valence-electron chi connectivity index (χ2n) is 5.77. The van der Waals surface area contributed by atoms with Crippen LogP contribution in [-0.2, 0) is 0 Å². The minimum Gasteiger partial charge on any atom is -0.316 e. The normalized spacial score (nSPS) is 21.0. The molecule has 0 amide bonds. The lowest BCUT2D eigenvalue weighted by atomic mass is 10.1. The van der Waals surface area contributed by atoms with Crippen LogP contribution in [-0.4, -0.2) is 62.2 Å². The van der Waals surface area contributed by atoms with E-state index >= 15 is 0 Å². The molecule has 1 aliphatic rings. The van der Waals surface area contributed by atoms with Gasteiger partial charge in [-0.05, 0) is 19.4 Å². The SMILES string of the molecule is CCCC(CN1CCN(CC(C)C)CC1)NC. The molecule has 0 spiro atoms. The summed E-state index contributed by atoms with van der Waals surface area (Å²) in [4.78, 5) is 5.23. The van der Waals surface area contributed by atoms with Crippen LogP contribution >= 0.6 is 0 Å². The molecule has 1 atom stereocenters. The minimum absolute atomic E-state index is 0.677. The van der Waals surface area contributed by atoms with Gasteiger partial charge < -0.3 is 10.2 Å². The number of nitrogens with one attached hydrogen (secondary N) is 1. The van der Waals surface area contributed by atoms with Crippen LogP contribution in [0.15, 0.2) is 0 Å². The second kappa shape index (κ2) is 8.06. The molecule has 1 unspecified atom stereocenters. The highest BCUT2D eigenvalue weighted by Gasteiger charge is 2.19. The number of hydrogen-bond donors (Lipinski definition) is 1. The third kappa shape index (κ3) is 5.84. The molecule has 3 nitrogen and oxygen atoms in total. The van der Waals surface area contributed by atoms with Crippen molar-refractivity contribution in [2.75, 3.05) is 46.3 Å². The molecule has 102 valence electrons. The Morgan fingerprint density at radius 3 is 1.94 bits per heavy atom. The molecule has 1 heterocycles. The lowest BCUT2D eigenvalue weighted by Gasteiger charge is -2.37. The summed E-state index contributed by atoms with van der Waals surface area (Å²) in [6, 6.07) is 0.677. The summed E-state index contributed by atoms with van der Waals surface area (Å²) in [6.07, 6.45) is 2.57. The average molecular weight is 241 g/mol. The molecular weight excluding hydrogens is 210 g/mol. The number of piperazine rings is 1. The zero-order chi connectivity index (χ0) is 12.7. The first-order chi connectivity index (χ1) is 8.15. The Labute approximate surface area is 108 Å². The minimum atomic E-state index is 0.677. The maximum absolute atomic E-state index is 3.44. The fourth-order valence-electron chi connectivity index (χ4n) is 2.66. The van der Waals surface area contributed by atoms with E-state index in [1.165, 1.54) is 52.1 Å². The molecule has 0 saturated carbocycles. The van der Waals surface area contributed by atoms with E-state index in [1.807, 2.05) is 0 Å². The van der Waals surface area contributed by atoms with Gasteiger partial charge >= 0.3 is 0 Å². The average Bonchev–Trinajstić information content (AvgIpc) is 2.30. The van der Waals surface area contributed by atoms with Gasteiger partial charge in [-0.1, -0.05) is 27.2 Å². The van der Waals surface area contributed by atoms with Crippen LogP contribution < -0.4 is 5.32 Å². The molecule has 0 radical (unpaired) electrons. The standard InChI is InChI=1S/C14H31N3/c1-5-6-14(15-4)12-17-9-7-16(8-10-17)11-13(2)3/h13-15H,5-12H2,1-4H3. The van der Waals surface area contributed by atoms with Gasteiger partial charge in [0.2, 0.25) is 0 Å². The van der Waals surface area contributed by atoms with E-state index in [9.17, 15) is 0 Å². The number of rotatable bonds is 7. The summed E-state index contributed by atoms with van der Waals surface area (Å²) in [6.45, 7) is 14.4. The van der Waals surface area contributed by atoms with Crippen LogP contribution in [0.4, 0.5) is 0 Å². The van der Waals surface area contributed by atoms with E-state index in [4.69, 9.17) is 0 Å². The van der Waals surface area contributed by atoms with Gasteiger partial charge in [-0.25, -0.2) is 0 Å². The van der Waals surface area contributed by atoms with E-state index in [1.54, 1.807) is 0 Å². The molecule has 0 aromatic carbocycles. The highest BCUT2D eigenvalue weighted by Crippen LogP contribution is 2.07. The van der Waals surface area contributed by atoms with Crippen molar-refractivity contribution in [2.45, 2.75) is 39.7 Å². The summed E-state index contributed by atoms with van der Waals surface area (Å²) in [7, 11) is 2.09. The van der Waals surface area contributed by atoms with E-state index in [2.05, 4.69) is 42.9 Å². The second-order valence-corrected chi connectivity index (χ2v) is 5.77. The monoisotopic (exact) mass is 241 g/mol. The van der Waals surface area contributed by atoms with Crippen LogP contribution in [0.1, 0.15) is 33.6 Å². The summed E-state index contributed by atoms with van der Waals surface area (Å²) >= 11 is 0. The van der Waals surface area contributed by atoms with Crippen LogP contribution in [0.3, 0.4) is 0 Å². The zero-order valence-corrected chi connectivity index (χ0v) is 12.2. The van der Waals surface area contributed by atoms with Crippen molar-refractivity contribution >= 4 is 0 Å². The number of likely N-dealkylation sites (N-methyl/N-ethyl adjacent to an activating group) is 1. The molecule has 1 rings (SSSR count). The Bertz CT molecular complexity index is 186. The summed E-state index contributed by atoms with van der Waals surface area (Å²) in [5.41, 5.74) is 0. The maximum Gasteiger partial charge on any atom is 0.0191 e. The van der Waals surface area contributed by atoms with Crippen molar-refractivity contribution in [3.63, 3.8) is 0 Å². The first-order valence-corrected chi connectivity index (χ1v) is 7.27. The third-order valence-corrected chi connectivity index (χ3v) is 3.61. The smallest absolute Gasteiger partial charge is 0.0191 e. The van der Waals surface area contributed by atoms with Crippen molar-refractivity contribution in [3.8, 4) is 0 Å². The van der Waals surface area contributed by atoms with Gasteiger partial charge in [0, 0.05) is 45.3 Å². The molecule has 3 heteroatoms. The molecular formula is C14H31N3. The number of nitrogens with zero attached hydrogens (tertiary/aromatic N) is 2. The molecule has 17 heavy (non-hydrogen) atoms. The first kappa shape index (κ1) is 14.9. The van der Waals surface area contributed by atoms with Gasteiger partial charge in [-0.2, -0.15) is 0 Å². The predicted molar refractivity (Wildman–Crippen MR) is 75.5 cm³/mol. The zero-order valence-electron chi connectivity index (χ0n) is 12.2. The summed E-state index contributed by atoms with van der Waals surface area (Å²) < 4.78 is 0. The maximum atomic E-state index is 3.44. The van der Waals surface area contributed by atoms with E-state index in [0.717, 1.165) is 5.92 Å². The molecule has 1 saturated heterocycles. The molecule has 1 N–H and O–H groups in total. The van der Waals surface area contributed by atoms with Gasteiger partial charge in [0.1, 0.15) is 0 Å². The summed E-state index contributed by atoms with van der Waals surface area (Å²) in [5.74, 6) is 0.798. The van der Waals surface area contributed by atoms with Crippen molar-refractivity contribution in [3.05, 3.63) is 0 Å². The molecule has 0 aliphatic carbocycles. The van der Waals surface area contributed by atoms with E-state index in [0.29, 0.717) is 6.04 Å². The quantitative estimate of drug-likeness (QED) is 0.731. The largest absolute Gasteiger partial charge is 0.316 e. The molecule has 0 bridgehead atoms. The Morgan fingerprint density at radius 1 is 1.00 bits per heavy atom. The molecule has 1 fully saturated rings. The van der Waals surface area contributed by atoms with Gasteiger partial charge in [0.05, 0.1) is 0 Å². The van der Waals surface area contributed by atoms with Crippen molar-refractivity contribution < 1.29 is 0 Å². The van der Waals surface area contributed by atoms with Crippen LogP contribution in [0.25, 0.3) is 0 Å². The summed E-state index contributed by atoms with van der Waals surface area (Å²) in [5, 5.41) is 3.44. The third-order valence-electron chi connectivity index (χ3n) is 3.61. The first-order valence-electron chi connectivity index (χ1n) is 7.27. The Balaban J connectivity index is 2.22. The van der Waals surface area contributed by atoms with E-state index < -0.39 is 0 Å². The lowest BCUT2D eigenvalue weighted by Crippen LogP contribution is -2.50. The Kier molecular flexibility index (Phi) is 7.09. The molecule has 0 aromatic heterocycles. The molecule has 0 aromatic rings. The highest BCUT2D eigenvalue weighted by atomic mass is 15.3. The van der Waals surface area contributed by atoms with Gasteiger partial charge in [-0.3, -0.25) is 4.90 Å². The van der Waals surface area contributed by atoms with Crippen molar-refractivity contribution in [1.29, 1.82) is 0 Å². The van der Waals surface area contributed by atoms with E-state index in [-0.39, 0.29) is 0 Å². The van der Waals surface area contributed by atoms with Gasteiger partial charge in [-0.15, -0.1) is 0 Å². The van der Waals surface area contributed by atoms with Crippen LogP contribution in [0, 0.1) is 5.92 Å². The van der Waals surface area contributed by atoms with Crippen molar-refractivity contribution in [1.82, 2.24) is 15.1 Å². The lowest BCUT2D eigenvalue weighted by molar-refractivity contribution is 0.113. The fourth-order valence-corrected chi connectivity index (χ4v) is 2.66. The Morgan fingerprint density at radius 2 is 1.53 bits per heavy atom. The predicted octanol–water partition coefficient (Wildman–Crippen LogP) is 1.65. The number of hydrogen-bond acceptors (Lipinski definition) is 3. The van der Waals surface area contributed by atoms with Gasteiger partial charge in [0.15, 0.2) is 0 Å². The van der Waals surface area contributed by atoms with Crippen LogP contribution in [0.5, 0.6) is 0 Å². The van der Waals surface area contributed by atoms with Crippen molar-refractivity contribution in [2.24, 2.45) is 5.92 Å². The van der Waals surface area contributed by atoms with Crippen LogP contribution in [0.2, 0.25) is 0 Å². The highest BCUT2D eigenvalue weighted by molar-refractivity contribution is 4.77.